The molecule has 23 heavy (non-hydrogen) atoms. The molecule has 1 fully saturated rings. The molecule has 0 aliphatic heterocycles. The molecular formula is C19H23NO3. The molecule has 3 N–H and O–H groups in total. The molecular weight excluding hydrogens is 290 g/mol. The Hall–Kier alpha value is -2.04. The first-order valence-corrected chi connectivity index (χ1v) is 7.83. The zero-order chi connectivity index (χ0) is 16.7. The van der Waals surface area contributed by atoms with Gasteiger partial charge in [0, 0.05) is 43.2 Å². The second kappa shape index (κ2) is 5.87. The van der Waals surface area contributed by atoms with Gasteiger partial charge in [-0.15, -0.1) is 0 Å². The monoisotopic (exact) mass is 313 g/mol. The van der Waals surface area contributed by atoms with Crippen LogP contribution in [0.2, 0.25) is 0 Å². The summed E-state index contributed by atoms with van der Waals surface area (Å²) in [6.45, 7) is 2.00. The number of hydrogen-bond acceptors (Lipinski definition) is 4. The molecule has 0 heterocycles. The van der Waals surface area contributed by atoms with Crippen molar-refractivity contribution in [1.29, 1.82) is 0 Å². The number of anilines is 1. The van der Waals surface area contributed by atoms with E-state index in [9.17, 15) is 15.3 Å². The predicted molar refractivity (Wildman–Crippen MR) is 91.1 cm³/mol. The van der Waals surface area contributed by atoms with Crippen molar-refractivity contribution < 1.29 is 15.3 Å². The molecule has 1 aliphatic rings. The van der Waals surface area contributed by atoms with Crippen LogP contribution >= 0.6 is 0 Å². The molecule has 0 bridgehead atoms. The Morgan fingerprint density at radius 3 is 2.00 bits per heavy atom. The molecule has 4 nitrogen and oxygen atoms in total. The largest absolute Gasteiger partial charge is 0.508 e. The van der Waals surface area contributed by atoms with Gasteiger partial charge in [0.05, 0.1) is 12.2 Å². The molecule has 2 unspecified atom stereocenters. The summed E-state index contributed by atoms with van der Waals surface area (Å²) < 4.78 is 0. The standard InChI is InChI=1S/C19H23NO3/c1-11-4-6-12(7-5-11)16-18(22)17(19(16)23)14-9-8-13(20(2)3)10-15(14)21/h4-10,16-19,21-23H,1-3H3. The summed E-state index contributed by atoms with van der Waals surface area (Å²) in [7, 11) is 3.80. The van der Waals surface area contributed by atoms with Crippen LogP contribution in [0.4, 0.5) is 5.69 Å². The Labute approximate surface area is 136 Å². The highest BCUT2D eigenvalue weighted by molar-refractivity contribution is 5.54. The molecule has 2 atom stereocenters. The van der Waals surface area contributed by atoms with Crippen molar-refractivity contribution in [2.24, 2.45) is 0 Å². The van der Waals surface area contributed by atoms with Gasteiger partial charge >= 0.3 is 0 Å². The van der Waals surface area contributed by atoms with Crippen LogP contribution < -0.4 is 4.90 Å². The Kier molecular flexibility index (Phi) is 4.04. The van der Waals surface area contributed by atoms with Crippen LogP contribution in [-0.2, 0) is 0 Å². The van der Waals surface area contributed by atoms with Gasteiger partial charge in [-0.1, -0.05) is 35.9 Å². The first-order valence-electron chi connectivity index (χ1n) is 7.83. The number of aryl methyl sites for hydroxylation is 1. The summed E-state index contributed by atoms with van der Waals surface area (Å²) in [4.78, 5) is 1.90. The van der Waals surface area contributed by atoms with Crippen LogP contribution in [-0.4, -0.2) is 41.6 Å². The first kappa shape index (κ1) is 15.8. The number of aliphatic hydroxyl groups is 2. The number of rotatable bonds is 3. The van der Waals surface area contributed by atoms with Crippen LogP contribution in [0.5, 0.6) is 5.75 Å². The lowest BCUT2D eigenvalue weighted by atomic mass is 9.63. The van der Waals surface area contributed by atoms with Gasteiger partial charge in [0.1, 0.15) is 5.75 Å². The third kappa shape index (κ3) is 2.69. The van der Waals surface area contributed by atoms with Crippen LogP contribution in [0.3, 0.4) is 0 Å². The molecule has 1 aliphatic carbocycles. The van der Waals surface area contributed by atoms with E-state index in [1.54, 1.807) is 12.1 Å². The number of aromatic hydroxyl groups is 1. The van der Waals surface area contributed by atoms with E-state index < -0.39 is 18.1 Å². The highest BCUT2D eigenvalue weighted by atomic mass is 16.3. The van der Waals surface area contributed by atoms with Gasteiger partial charge in [-0.05, 0) is 18.6 Å². The van der Waals surface area contributed by atoms with Crippen LogP contribution in [0, 0.1) is 6.92 Å². The van der Waals surface area contributed by atoms with Crippen molar-refractivity contribution in [2.45, 2.75) is 31.0 Å². The van der Waals surface area contributed by atoms with E-state index in [4.69, 9.17) is 0 Å². The minimum absolute atomic E-state index is 0.113. The third-order valence-corrected chi connectivity index (χ3v) is 4.82. The van der Waals surface area contributed by atoms with E-state index in [1.165, 1.54) is 0 Å². The quantitative estimate of drug-likeness (QED) is 0.814. The van der Waals surface area contributed by atoms with Crippen LogP contribution in [0.15, 0.2) is 42.5 Å². The van der Waals surface area contributed by atoms with Crippen LogP contribution in [0.25, 0.3) is 0 Å². The Balaban J connectivity index is 1.85. The zero-order valence-corrected chi connectivity index (χ0v) is 13.6. The van der Waals surface area contributed by atoms with Crippen molar-refractivity contribution in [1.82, 2.24) is 0 Å². The van der Waals surface area contributed by atoms with Gasteiger partial charge in [0.25, 0.3) is 0 Å². The summed E-state index contributed by atoms with van der Waals surface area (Å²) >= 11 is 0. The molecule has 0 spiro atoms. The summed E-state index contributed by atoms with van der Waals surface area (Å²) in [5, 5.41) is 31.3. The van der Waals surface area contributed by atoms with Crippen molar-refractivity contribution in [3.63, 3.8) is 0 Å². The molecule has 0 aromatic heterocycles. The fraction of sp³-hybridized carbons (Fsp3) is 0.368. The second-order valence-corrected chi connectivity index (χ2v) is 6.58. The lowest BCUT2D eigenvalue weighted by molar-refractivity contribution is -0.0791. The highest BCUT2D eigenvalue weighted by Crippen LogP contribution is 2.50. The lowest BCUT2D eigenvalue weighted by Gasteiger charge is -2.47. The minimum atomic E-state index is -0.705. The maximum absolute atomic E-state index is 10.5. The number of nitrogens with zero attached hydrogens (tertiary/aromatic N) is 1. The summed E-state index contributed by atoms with van der Waals surface area (Å²) in [5.74, 6) is -0.660. The maximum atomic E-state index is 10.5. The van der Waals surface area contributed by atoms with Gasteiger partial charge < -0.3 is 20.2 Å². The van der Waals surface area contributed by atoms with E-state index in [2.05, 4.69) is 0 Å². The molecule has 3 rings (SSSR count). The van der Waals surface area contributed by atoms with E-state index in [-0.39, 0.29) is 11.7 Å². The molecule has 0 radical (unpaired) electrons. The molecule has 0 saturated heterocycles. The number of hydrogen-bond donors (Lipinski definition) is 3. The van der Waals surface area contributed by atoms with Crippen molar-refractivity contribution in [3.05, 3.63) is 59.2 Å². The third-order valence-electron chi connectivity index (χ3n) is 4.82. The number of aliphatic hydroxyl groups excluding tert-OH is 2. The van der Waals surface area contributed by atoms with E-state index in [1.807, 2.05) is 56.3 Å². The second-order valence-electron chi connectivity index (χ2n) is 6.58. The normalized spacial score (nSPS) is 26.7. The van der Waals surface area contributed by atoms with Gasteiger partial charge in [-0.2, -0.15) is 0 Å². The maximum Gasteiger partial charge on any atom is 0.121 e. The lowest BCUT2D eigenvalue weighted by Crippen LogP contribution is -2.51. The van der Waals surface area contributed by atoms with E-state index in [0.29, 0.717) is 5.56 Å². The smallest absolute Gasteiger partial charge is 0.121 e. The zero-order valence-electron chi connectivity index (χ0n) is 13.6. The Morgan fingerprint density at radius 1 is 0.870 bits per heavy atom. The molecule has 2 aromatic rings. The predicted octanol–water partition coefficient (Wildman–Crippen LogP) is 2.37. The van der Waals surface area contributed by atoms with E-state index >= 15 is 0 Å². The van der Waals surface area contributed by atoms with Crippen molar-refractivity contribution >= 4 is 5.69 Å². The molecule has 1 saturated carbocycles. The average molecular weight is 313 g/mol. The molecule has 2 aromatic carbocycles. The number of phenolic OH excluding ortho intramolecular Hbond substituents is 1. The van der Waals surface area contributed by atoms with E-state index in [0.717, 1.165) is 16.8 Å². The topological polar surface area (TPSA) is 63.9 Å². The summed E-state index contributed by atoms with van der Waals surface area (Å²) in [5.41, 5.74) is 3.55. The fourth-order valence-electron chi connectivity index (χ4n) is 3.35. The summed E-state index contributed by atoms with van der Waals surface area (Å²) in [6.07, 6.45) is -1.41. The Bertz CT molecular complexity index is 686. The average Bonchev–Trinajstić information content (AvgIpc) is 2.51. The highest BCUT2D eigenvalue weighted by Gasteiger charge is 2.51. The minimum Gasteiger partial charge on any atom is -0.508 e. The molecule has 122 valence electrons. The fourth-order valence-corrected chi connectivity index (χ4v) is 3.35. The van der Waals surface area contributed by atoms with Gasteiger partial charge in [-0.3, -0.25) is 0 Å². The number of benzene rings is 2. The van der Waals surface area contributed by atoms with Gasteiger partial charge in [0.2, 0.25) is 0 Å². The first-order chi connectivity index (χ1) is 10.9. The SMILES string of the molecule is Cc1ccc(C2C(O)C(c3ccc(N(C)C)cc3O)C2O)cc1. The van der Waals surface area contributed by atoms with Gasteiger partial charge in [0.15, 0.2) is 0 Å². The van der Waals surface area contributed by atoms with Crippen molar-refractivity contribution in [3.8, 4) is 5.75 Å². The summed E-state index contributed by atoms with van der Waals surface area (Å²) in [6, 6.07) is 13.2. The van der Waals surface area contributed by atoms with Gasteiger partial charge in [-0.25, -0.2) is 0 Å². The molecule has 0 amide bonds. The van der Waals surface area contributed by atoms with Crippen LogP contribution in [0.1, 0.15) is 28.5 Å². The van der Waals surface area contributed by atoms with Crippen molar-refractivity contribution in [2.75, 3.05) is 19.0 Å². The Morgan fingerprint density at radius 2 is 1.48 bits per heavy atom. The molecule has 4 heteroatoms. The number of phenols is 1.